The Labute approximate surface area is 139 Å². The van der Waals surface area contributed by atoms with Gasteiger partial charge in [-0.05, 0) is 30.5 Å². The van der Waals surface area contributed by atoms with E-state index in [9.17, 15) is 9.59 Å². The number of amides is 2. The highest BCUT2D eigenvalue weighted by molar-refractivity contribution is 6.35. The number of hydrogen-bond acceptors (Lipinski definition) is 3. The lowest BCUT2D eigenvalue weighted by atomic mass is 10.0. The molecule has 1 saturated heterocycles. The van der Waals surface area contributed by atoms with E-state index in [1.807, 2.05) is 4.90 Å². The highest BCUT2D eigenvalue weighted by Crippen LogP contribution is 2.21. The van der Waals surface area contributed by atoms with E-state index in [0.717, 1.165) is 31.5 Å². The van der Waals surface area contributed by atoms with E-state index < -0.39 is 0 Å². The fourth-order valence-electron chi connectivity index (χ4n) is 2.57. The minimum Gasteiger partial charge on any atom is -0.369 e. The Morgan fingerprint density at radius 1 is 1.27 bits per heavy atom. The lowest BCUT2D eigenvalue weighted by Gasteiger charge is -2.31. The van der Waals surface area contributed by atoms with Crippen molar-refractivity contribution in [1.82, 2.24) is 10.2 Å². The molecule has 0 bridgehead atoms. The molecule has 1 fully saturated rings. The van der Waals surface area contributed by atoms with E-state index in [4.69, 9.17) is 28.9 Å². The SMILES string of the molecule is NC(=O)CN1CCC(NC(=O)Cc2ccc(Cl)cc2Cl)CC1. The first-order valence-corrected chi connectivity index (χ1v) is 7.93. The molecule has 2 amide bonds. The second kappa shape index (κ2) is 7.81. The lowest BCUT2D eigenvalue weighted by Crippen LogP contribution is -2.47. The molecule has 3 N–H and O–H groups in total. The van der Waals surface area contributed by atoms with Crippen LogP contribution in [0.3, 0.4) is 0 Å². The topological polar surface area (TPSA) is 75.4 Å². The van der Waals surface area contributed by atoms with Crippen molar-refractivity contribution in [1.29, 1.82) is 0 Å². The molecular formula is C15H19Cl2N3O2. The van der Waals surface area contributed by atoms with Crippen molar-refractivity contribution in [2.75, 3.05) is 19.6 Å². The van der Waals surface area contributed by atoms with Crippen LogP contribution in [0.1, 0.15) is 18.4 Å². The second-order valence-corrected chi connectivity index (χ2v) is 6.34. The third-order valence-corrected chi connectivity index (χ3v) is 4.29. The number of likely N-dealkylation sites (tertiary alicyclic amines) is 1. The Hall–Kier alpha value is -1.30. The van der Waals surface area contributed by atoms with Gasteiger partial charge in [-0.15, -0.1) is 0 Å². The predicted molar refractivity (Wildman–Crippen MR) is 87.0 cm³/mol. The molecule has 2 rings (SSSR count). The summed E-state index contributed by atoms with van der Waals surface area (Å²) in [7, 11) is 0. The number of nitrogens with zero attached hydrogens (tertiary/aromatic N) is 1. The van der Waals surface area contributed by atoms with Crippen LogP contribution in [0.4, 0.5) is 0 Å². The molecule has 0 spiro atoms. The Balaban J connectivity index is 1.79. The van der Waals surface area contributed by atoms with Crippen molar-refractivity contribution >= 4 is 35.0 Å². The van der Waals surface area contributed by atoms with Crippen LogP contribution in [0.2, 0.25) is 10.0 Å². The minimum atomic E-state index is -0.320. The number of piperidine rings is 1. The van der Waals surface area contributed by atoms with Crippen LogP contribution in [0.15, 0.2) is 18.2 Å². The van der Waals surface area contributed by atoms with Crippen LogP contribution in [0.25, 0.3) is 0 Å². The smallest absolute Gasteiger partial charge is 0.231 e. The molecule has 0 radical (unpaired) electrons. The van der Waals surface area contributed by atoms with Gasteiger partial charge < -0.3 is 11.1 Å². The molecule has 1 heterocycles. The number of halogens is 2. The van der Waals surface area contributed by atoms with Gasteiger partial charge in [0.1, 0.15) is 0 Å². The van der Waals surface area contributed by atoms with E-state index in [1.165, 1.54) is 0 Å². The number of nitrogens with one attached hydrogen (secondary N) is 1. The van der Waals surface area contributed by atoms with Gasteiger partial charge in [-0.2, -0.15) is 0 Å². The highest BCUT2D eigenvalue weighted by Gasteiger charge is 2.21. The molecule has 5 nitrogen and oxygen atoms in total. The quantitative estimate of drug-likeness (QED) is 0.852. The normalized spacial score (nSPS) is 16.5. The van der Waals surface area contributed by atoms with Gasteiger partial charge in [0.05, 0.1) is 13.0 Å². The van der Waals surface area contributed by atoms with E-state index in [1.54, 1.807) is 18.2 Å². The molecule has 1 aromatic carbocycles. The molecular weight excluding hydrogens is 325 g/mol. The monoisotopic (exact) mass is 343 g/mol. The van der Waals surface area contributed by atoms with Gasteiger partial charge >= 0.3 is 0 Å². The molecule has 1 aliphatic rings. The van der Waals surface area contributed by atoms with Gasteiger partial charge in [0.2, 0.25) is 11.8 Å². The fourth-order valence-corrected chi connectivity index (χ4v) is 3.05. The summed E-state index contributed by atoms with van der Waals surface area (Å²) in [5.41, 5.74) is 5.94. The molecule has 22 heavy (non-hydrogen) atoms. The Kier molecular flexibility index (Phi) is 6.06. The van der Waals surface area contributed by atoms with E-state index >= 15 is 0 Å². The molecule has 1 aliphatic heterocycles. The van der Waals surface area contributed by atoms with Crippen molar-refractivity contribution in [3.8, 4) is 0 Å². The second-order valence-electron chi connectivity index (χ2n) is 5.50. The number of primary amides is 1. The molecule has 0 aromatic heterocycles. The number of carbonyl (C=O) groups excluding carboxylic acids is 2. The number of carbonyl (C=O) groups is 2. The summed E-state index contributed by atoms with van der Waals surface area (Å²) >= 11 is 11.9. The molecule has 0 saturated carbocycles. The highest BCUT2D eigenvalue weighted by atomic mass is 35.5. The zero-order valence-corrected chi connectivity index (χ0v) is 13.7. The molecule has 0 unspecified atom stereocenters. The van der Waals surface area contributed by atoms with Crippen molar-refractivity contribution < 1.29 is 9.59 Å². The third-order valence-electron chi connectivity index (χ3n) is 3.70. The number of nitrogens with two attached hydrogens (primary N) is 1. The maximum Gasteiger partial charge on any atom is 0.231 e. The number of hydrogen-bond donors (Lipinski definition) is 2. The standard InChI is InChI=1S/C15H19Cl2N3O2/c16-11-2-1-10(13(17)8-11)7-15(22)19-12-3-5-20(6-4-12)9-14(18)21/h1-2,8,12H,3-7,9H2,(H2,18,21)(H,19,22). The largest absolute Gasteiger partial charge is 0.369 e. The van der Waals surface area contributed by atoms with Gasteiger partial charge in [-0.1, -0.05) is 29.3 Å². The van der Waals surface area contributed by atoms with E-state index in [2.05, 4.69) is 5.32 Å². The summed E-state index contributed by atoms with van der Waals surface area (Å²) in [5, 5.41) is 4.06. The van der Waals surface area contributed by atoms with Gasteiger partial charge in [-0.25, -0.2) is 0 Å². The van der Waals surface area contributed by atoms with Crippen molar-refractivity contribution in [3.05, 3.63) is 33.8 Å². The van der Waals surface area contributed by atoms with Crippen LogP contribution < -0.4 is 11.1 Å². The van der Waals surface area contributed by atoms with E-state index in [0.29, 0.717) is 10.0 Å². The van der Waals surface area contributed by atoms with Gasteiger partial charge in [-0.3, -0.25) is 14.5 Å². The maximum atomic E-state index is 12.1. The van der Waals surface area contributed by atoms with Crippen LogP contribution in [-0.2, 0) is 16.0 Å². The Morgan fingerprint density at radius 3 is 2.55 bits per heavy atom. The first-order valence-electron chi connectivity index (χ1n) is 7.18. The summed E-state index contributed by atoms with van der Waals surface area (Å²) in [6.07, 6.45) is 1.86. The maximum absolute atomic E-state index is 12.1. The van der Waals surface area contributed by atoms with Gasteiger partial charge in [0.25, 0.3) is 0 Å². The average molecular weight is 344 g/mol. The van der Waals surface area contributed by atoms with Crippen LogP contribution >= 0.6 is 23.2 Å². The molecule has 7 heteroatoms. The molecule has 120 valence electrons. The third kappa shape index (κ3) is 5.16. The lowest BCUT2D eigenvalue weighted by molar-refractivity contribution is -0.122. The molecule has 1 aromatic rings. The Bertz CT molecular complexity index is 558. The summed E-state index contributed by atoms with van der Waals surface area (Å²) in [5.74, 6) is -0.377. The fraction of sp³-hybridized carbons (Fsp3) is 0.467. The van der Waals surface area contributed by atoms with Crippen LogP contribution in [0.5, 0.6) is 0 Å². The number of benzene rings is 1. The summed E-state index contributed by atoms with van der Waals surface area (Å²) in [6, 6.07) is 5.24. The first kappa shape index (κ1) is 17.1. The average Bonchev–Trinajstić information content (AvgIpc) is 2.43. The van der Waals surface area contributed by atoms with Crippen molar-refractivity contribution in [2.24, 2.45) is 5.73 Å². The number of rotatable bonds is 5. The molecule has 0 aliphatic carbocycles. The summed E-state index contributed by atoms with van der Waals surface area (Å²) < 4.78 is 0. The predicted octanol–water partition coefficient (Wildman–Crippen LogP) is 1.60. The van der Waals surface area contributed by atoms with Gasteiger partial charge in [0, 0.05) is 29.2 Å². The van der Waals surface area contributed by atoms with Crippen LogP contribution in [-0.4, -0.2) is 42.4 Å². The van der Waals surface area contributed by atoms with Crippen molar-refractivity contribution in [3.63, 3.8) is 0 Å². The van der Waals surface area contributed by atoms with Gasteiger partial charge in [0.15, 0.2) is 0 Å². The van der Waals surface area contributed by atoms with Crippen LogP contribution in [0, 0.1) is 0 Å². The summed E-state index contributed by atoms with van der Waals surface area (Å²) in [6.45, 7) is 1.80. The minimum absolute atomic E-state index is 0.0578. The summed E-state index contributed by atoms with van der Waals surface area (Å²) in [4.78, 5) is 25.0. The van der Waals surface area contributed by atoms with Crippen molar-refractivity contribution in [2.45, 2.75) is 25.3 Å². The zero-order chi connectivity index (χ0) is 16.1. The van der Waals surface area contributed by atoms with E-state index in [-0.39, 0.29) is 30.8 Å². The molecule has 0 atom stereocenters. The zero-order valence-electron chi connectivity index (χ0n) is 12.1. The Morgan fingerprint density at radius 2 is 1.95 bits per heavy atom. The first-order chi connectivity index (χ1) is 10.4.